The molecule has 1 aromatic carbocycles. The summed E-state index contributed by atoms with van der Waals surface area (Å²) in [6, 6.07) is 8.40. The Hall–Kier alpha value is -1.88. The van der Waals surface area contributed by atoms with Crippen molar-refractivity contribution in [2.24, 2.45) is 0 Å². The van der Waals surface area contributed by atoms with Gasteiger partial charge in [0.2, 0.25) is 0 Å². The van der Waals surface area contributed by atoms with Crippen LogP contribution in [0.3, 0.4) is 0 Å². The zero-order valence-corrected chi connectivity index (χ0v) is 12.6. The molecule has 2 heterocycles. The van der Waals surface area contributed by atoms with Gasteiger partial charge in [0.05, 0.1) is 11.7 Å². The molecule has 1 aromatic heterocycles. The molecule has 0 radical (unpaired) electrons. The first-order valence-electron chi connectivity index (χ1n) is 7.64. The lowest BCUT2D eigenvalue weighted by molar-refractivity contribution is 0.460. The third-order valence-electron chi connectivity index (χ3n) is 4.16. The number of hydrogen-bond donors (Lipinski definition) is 1. The monoisotopic (exact) mass is 286 g/mol. The summed E-state index contributed by atoms with van der Waals surface area (Å²) in [5.74, 6) is 0.635. The Morgan fingerprint density at radius 1 is 1.19 bits per heavy atom. The first-order valence-corrected chi connectivity index (χ1v) is 7.64. The zero-order chi connectivity index (χ0) is 14.8. The molecule has 3 rings (SSSR count). The Bertz CT molecular complexity index is 648. The minimum Gasteiger partial charge on any atom is -0.317 e. The molecule has 112 valence electrons. The smallest absolute Gasteiger partial charge is 0.317 e. The Labute approximate surface area is 124 Å². The molecule has 2 aromatic rings. The van der Waals surface area contributed by atoms with E-state index in [1.54, 1.807) is 10.9 Å². The fourth-order valence-corrected chi connectivity index (χ4v) is 2.91. The van der Waals surface area contributed by atoms with Crippen molar-refractivity contribution in [3.05, 3.63) is 46.6 Å². The van der Waals surface area contributed by atoms with Crippen molar-refractivity contribution in [3.8, 4) is 5.69 Å². The van der Waals surface area contributed by atoms with Gasteiger partial charge in [-0.25, -0.2) is 14.0 Å². The highest BCUT2D eigenvalue weighted by Gasteiger charge is 2.15. The van der Waals surface area contributed by atoms with Crippen molar-refractivity contribution in [3.63, 3.8) is 0 Å². The minimum atomic E-state index is -0.0837. The van der Waals surface area contributed by atoms with Gasteiger partial charge >= 0.3 is 5.69 Å². The van der Waals surface area contributed by atoms with Crippen LogP contribution in [0.25, 0.3) is 5.69 Å². The molecule has 5 heteroatoms. The van der Waals surface area contributed by atoms with Crippen LogP contribution < -0.4 is 11.0 Å². The molecular formula is C16H22N4O. The molecule has 1 saturated heterocycles. The number of nitrogens with zero attached hydrogens (tertiary/aromatic N) is 3. The van der Waals surface area contributed by atoms with E-state index in [-0.39, 0.29) is 11.7 Å². The molecule has 1 N–H and O–H groups in total. The fourth-order valence-electron chi connectivity index (χ4n) is 2.91. The lowest BCUT2D eigenvalue weighted by Crippen LogP contribution is -2.26. The molecule has 0 aliphatic carbocycles. The van der Waals surface area contributed by atoms with Gasteiger partial charge in [-0.3, -0.25) is 0 Å². The van der Waals surface area contributed by atoms with Crippen LogP contribution in [0, 0.1) is 0 Å². The number of nitrogens with one attached hydrogen (secondary N) is 1. The largest absolute Gasteiger partial charge is 0.350 e. The van der Waals surface area contributed by atoms with E-state index in [4.69, 9.17) is 0 Å². The summed E-state index contributed by atoms with van der Waals surface area (Å²) in [6.45, 7) is 6.10. The van der Waals surface area contributed by atoms with E-state index in [2.05, 4.69) is 22.5 Å². The average Bonchev–Trinajstić information content (AvgIpc) is 2.90. The highest BCUT2D eigenvalue weighted by atomic mass is 16.2. The van der Waals surface area contributed by atoms with Crippen molar-refractivity contribution in [1.82, 2.24) is 19.7 Å². The normalized spacial score (nSPS) is 16.5. The van der Waals surface area contributed by atoms with E-state index in [9.17, 15) is 4.79 Å². The van der Waals surface area contributed by atoms with Crippen LogP contribution in [0.4, 0.5) is 0 Å². The van der Waals surface area contributed by atoms with Gasteiger partial charge < -0.3 is 5.32 Å². The second kappa shape index (κ2) is 5.85. The minimum absolute atomic E-state index is 0.0766. The Morgan fingerprint density at radius 2 is 1.86 bits per heavy atom. The highest BCUT2D eigenvalue weighted by Crippen LogP contribution is 2.25. The molecule has 0 atom stereocenters. The summed E-state index contributed by atoms with van der Waals surface area (Å²) < 4.78 is 3.10. The second-order valence-electron chi connectivity index (χ2n) is 5.94. The first-order chi connectivity index (χ1) is 10.2. The number of piperidine rings is 1. The van der Waals surface area contributed by atoms with Gasteiger partial charge in [-0.05, 0) is 63.4 Å². The summed E-state index contributed by atoms with van der Waals surface area (Å²) in [4.78, 5) is 12.3. The molecule has 1 fully saturated rings. The molecule has 21 heavy (non-hydrogen) atoms. The number of hydrogen-bond acceptors (Lipinski definition) is 3. The van der Waals surface area contributed by atoms with Crippen molar-refractivity contribution < 1.29 is 0 Å². The predicted octanol–water partition coefficient (Wildman–Crippen LogP) is 2.08. The van der Waals surface area contributed by atoms with Gasteiger partial charge in [-0.15, -0.1) is 0 Å². The molecule has 5 nitrogen and oxygen atoms in total. The summed E-state index contributed by atoms with van der Waals surface area (Å²) in [5, 5.41) is 7.55. The standard InChI is InChI=1S/C16H22N4O/c1-12(2)20-16(21)19(11-18-20)15-5-3-13(4-6-15)14-7-9-17-10-8-14/h3-6,11-12,14,17H,7-10H2,1-2H3. The average molecular weight is 286 g/mol. The maximum atomic E-state index is 12.3. The summed E-state index contributed by atoms with van der Waals surface area (Å²) in [6.07, 6.45) is 3.97. The van der Waals surface area contributed by atoms with Crippen LogP contribution in [0.5, 0.6) is 0 Å². The molecule has 1 aliphatic rings. The van der Waals surface area contributed by atoms with Crippen molar-refractivity contribution in [1.29, 1.82) is 0 Å². The van der Waals surface area contributed by atoms with Crippen LogP contribution in [-0.2, 0) is 0 Å². The maximum absolute atomic E-state index is 12.3. The van der Waals surface area contributed by atoms with Gasteiger partial charge in [0.15, 0.2) is 0 Å². The van der Waals surface area contributed by atoms with Crippen LogP contribution in [0.15, 0.2) is 35.4 Å². The number of benzene rings is 1. The van der Waals surface area contributed by atoms with Gasteiger partial charge in [0, 0.05) is 0 Å². The van der Waals surface area contributed by atoms with Crippen molar-refractivity contribution in [2.45, 2.75) is 38.6 Å². The highest BCUT2D eigenvalue weighted by molar-refractivity contribution is 5.35. The summed E-state index contributed by atoms with van der Waals surface area (Å²) >= 11 is 0. The van der Waals surface area contributed by atoms with E-state index in [1.165, 1.54) is 23.1 Å². The molecule has 1 aliphatic heterocycles. The van der Waals surface area contributed by atoms with Gasteiger partial charge in [0.25, 0.3) is 0 Å². The molecule has 0 amide bonds. The molecular weight excluding hydrogens is 264 g/mol. The Kier molecular flexibility index (Phi) is 3.92. The lowest BCUT2D eigenvalue weighted by Gasteiger charge is -2.23. The van der Waals surface area contributed by atoms with Crippen LogP contribution in [0.1, 0.15) is 44.2 Å². The second-order valence-corrected chi connectivity index (χ2v) is 5.94. The molecule has 0 saturated carbocycles. The third-order valence-corrected chi connectivity index (χ3v) is 4.16. The van der Waals surface area contributed by atoms with E-state index in [0.717, 1.165) is 18.8 Å². The van der Waals surface area contributed by atoms with Crippen LogP contribution in [0.2, 0.25) is 0 Å². The van der Waals surface area contributed by atoms with E-state index in [0.29, 0.717) is 5.92 Å². The van der Waals surface area contributed by atoms with E-state index >= 15 is 0 Å². The number of rotatable bonds is 3. The van der Waals surface area contributed by atoms with Crippen molar-refractivity contribution >= 4 is 0 Å². The lowest BCUT2D eigenvalue weighted by atomic mass is 9.90. The Balaban J connectivity index is 1.85. The van der Waals surface area contributed by atoms with Gasteiger partial charge in [0.1, 0.15) is 6.33 Å². The first kappa shape index (κ1) is 14.1. The van der Waals surface area contributed by atoms with Crippen molar-refractivity contribution in [2.75, 3.05) is 13.1 Å². The quantitative estimate of drug-likeness (QED) is 0.940. The molecule has 0 spiro atoms. The van der Waals surface area contributed by atoms with Gasteiger partial charge in [-0.2, -0.15) is 5.10 Å². The summed E-state index contributed by atoms with van der Waals surface area (Å²) in [7, 11) is 0. The Morgan fingerprint density at radius 3 is 2.43 bits per heavy atom. The zero-order valence-electron chi connectivity index (χ0n) is 12.6. The topological polar surface area (TPSA) is 51.9 Å². The van der Waals surface area contributed by atoms with Gasteiger partial charge in [-0.1, -0.05) is 12.1 Å². The number of aromatic nitrogens is 3. The van der Waals surface area contributed by atoms with E-state index < -0.39 is 0 Å². The molecule has 0 unspecified atom stereocenters. The summed E-state index contributed by atoms with van der Waals surface area (Å²) in [5.41, 5.74) is 2.16. The third kappa shape index (κ3) is 2.78. The molecule has 0 bridgehead atoms. The predicted molar refractivity (Wildman–Crippen MR) is 83.1 cm³/mol. The van der Waals surface area contributed by atoms with E-state index in [1.807, 2.05) is 26.0 Å². The van der Waals surface area contributed by atoms with Crippen LogP contribution >= 0.6 is 0 Å². The fraction of sp³-hybridized carbons (Fsp3) is 0.500. The maximum Gasteiger partial charge on any atom is 0.350 e. The SMILES string of the molecule is CC(C)n1ncn(-c2ccc(C3CCNCC3)cc2)c1=O. The van der Waals surface area contributed by atoms with Crippen LogP contribution in [-0.4, -0.2) is 27.4 Å².